The second kappa shape index (κ2) is 6.34. The van der Waals surface area contributed by atoms with E-state index in [1.807, 2.05) is 42.5 Å². The van der Waals surface area contributed by atoms with Crippen LogP contribution >= 0.6 is 23.2 Å². The van der Waals surface area contributed by atoms with Crippen molar-refractivity contribution in [3.8, 4) is 11.4 Å². The molecule has 1 aliphatic heterocycles. The van der Waals surface area contributed by atoms with E-state index in [2.05, 4.69) is 33.2 Å². The Hall–Kier alpha value is -2.23. The van der Waals surface area contributed by atoms with Crippen molar-refractivity contribution in [2.24, 2.45) is 0 Å². The van der Waals surface area contributed by atoms with Gasteiger partial charge in [0.1, 0.15) is 5.82 Å². The Labute approximate surface area is 150 Å². The van der Waals surface area contributed by atoms with Crippen LogP contribution in [-0.4, -0.2) is 14.9 Å². The quantitative estimate of drug-likeness (QED) is 0.684. The van der Waals surface area contributed by atoms with E-state index in [4.69, 9.17) is 23.2 Å². The van der Waals surface area contributed by atoms with Gasteiger partial charge in [-0.05, 0) is 23.8 Å². The molecule has 1 aliphatic rings. The van der Waals surface area contributed by atoms with Gasteiger partial charge in [0.05, 0.1) is 28.0 Å². The minimum atomic E-state index is 0.581. The molecule has 0 bridgehead atoms. The SMILES string of the molecule is Clc1ccc(CN2C=Cc3nc(-c4ccccc4)[nH]c3C2)cc1Cl. The van der Waals surface area contributed by atoms with Crippen molar-refractivity contribution >= 4 is 29.3 Å². The van der Waals surface area contributed by atoms with E-state index in [1.54, 1.807) is 0 Å². The Morgan fingerprint density at radius 1 is 1.04 bits per heavy atom. The molecule has 24 heavy (non-hydrogen) atoms. The third kappa shape index (κ3) is 3.05. The van der Waals surface area contributed by atoms with E-state index in [0.717, 1.165) is 41.4 Å². The van der Waals surface area contributed by atoms with Crippen LogP contribution in [0.4, 0.5) is 0 Å². The zero-order valence-electron chi connectivity index (χ0n) is 12.8. The van der Waals surface area contributed by atoms with Crippen molar-refractivity contribution in [1.29, 1.82) is 0 Å². The monoisotopic (exact) mass is 355 g/mol. The van der Waals surface area contributed by atoms with Crippen LogP contribution in [0.25, 0.3) is 17.5 Å². The number of aromatic nitrogens is 2. The first-order valence-corrected chi connectivity index (χ1v) is 8.45. The molecule has 4 rings (SSSR count). The highest BCUT2D eigenvalue weighted by atomic mass is 35.5. The number of nitrogens with zero attached hydrogens (tertiary/aromatic N) is 2. The molecule has 0 radical (unpaired) electrons. The molecule has 0 saturated carbocycles. The number of halogens is 2. The molecule has 0 amide bonds. The summed E-state index contributed by atoms with van der Waals surface area (Å²) in [4.78, 5) is 10.3. The Morgan fingerprint density at radius 2 is 1.88 bits per heavy atom. The molecule has 0 spiro atoms. The molecule has 120 valence electrons. The highest BCUT2D eigenvalue weighted by Crippen LogP contribution is 2.26. The highest BCUT2D eigenvalue weighted by molar-refractivity contribution is 6.42. The molecular weight excluding hydrogens is 341 g/mol. The van der Waals surface area contributed by atoms with E-state index in [9.17, 15) is 0 Å². The van der Waals surface area contributed by atoms with Gasteiger partial charge in [0, 0.05) is 18.3 Å². The molecule has 1 N–H and O–H groups in total. The van der Waals surface area contributed by atoms with Gasteiger partial charge in [0.25, 0.3) is 0 Å². The molecule has 2 heterocycles. The molecule has 1 aromatic heterocycles. The standard InChI is InChI=1S/C19H15Cl2N3/c20-15-7-6-13(10-16(15)21)11-24-9-8-17-18(12-24)23-19(22-17)14-4-2-1-3-5-14/h1-10H,11-12H2,(H,22,23). The summed E-state index contributed by atoms with van der Waals surface area (Å²) >= 11 is 12.1. The summed E-state index contributed by atoms with van der Waals surface area (Å²) in [7, 11) is 0. The lowest BCUT2D eigenvalue weighted by Crippen LogP contribution is -2.19. The van der Waals surface area contributed by atoms with Crippen LogP contribution in [0.2, 0.25) is 10.0 Å². The second-order valence-electron chi connectivity index (χ2n) is 5.78. The minimum Gasteiger partial charge on any atom is -0.367 e. The fraction of sp³-hybridized carbons (Fsp3) is 0.105. The molecule has 0 unspecified atom stereocenters. The average molecular weight is 356 g/mol. The second-order valence-corrected chi connectivity index (χ2v) is 6.60. The highest BCUT2D eigenvalue weighted by Gasteiger charge is 2.16. The molecule has 5 heteroatoms. The summed E-state index contributed by atoms with van der Waals surface area (Å²) in [5, 5.41) is 1.17. The first-order valence-electron chi connectivity index (χ1n) is 7.69. The first-order chi connectivity index (χ1) is 11.7. The van der Waals surface area contributed by atoms with Crippen molar-refractivity contribution in [3.05, 3.63) is 81.7 Å². The third-order valence-corrected chi connectivity index (χ3v) is 4.77. The van der Waals surface area contributed by atoms with Crippen LogP contribution in [0.5, 0.6) is 0 Å². The van der Waals surface area contributed by atoms with E-state index in [0.29, 0.717) is 10.0 Å². The van der Waals surface area contributed by atoms with Gasteiger partial charge in [-0.3, -0.25) is 0 Å². The van der Waals surface area contributed by atoms with E-state index >= 15 is 0 Å². The number of hydrogen-bond acceptors (Lipinski definition) is 2. The normalized spacial score (nSPS) is 13.2. The van der Waals surface area contributed by atoms with Crippen LogP contribution in [0, 0.1) is 0 Å². The molecule has 0 atom stereocenters. The topological polar surface area (TPSA) is 31.9 Å². The van der Waals surface area contributed by atoms with Crippen LogP contribution < -0.4 is 0 Å². The predicted molar refractivity (Wildman–Crippen MR) is 98.8 cm³/mol. The van der Waals surface area contributed by atoms with Gasteiger partial charge >= 0.3 is 0 Å². The van der Waals surface area contributed by atoms with E-state index in [1.165, 1.54) is 0 Å². The largest absolute Gasteiger partial charge is 0.367 e. The van der Waals surface area contributed by atoms with Crippen molar-refractivity contribution in [3.63, 3.8) is 0 Å². The lowest BCUT2D eigenvalue weighted by molar-refractivity contribution is 0.355. The van der Waals surface area contributed by atoms with Crippen LogP contribution in [0.1, 0.15) is 17.0 Å². The number of rotatable bonds is 3. The third-order valence-electron chi connectivity index (χ3n) is 4.03. The number of fused-ring (bicyclic) bond motifs is 1. The zero-order chi connectivity index (χ0) is 16.5. The first kappa shape index (κ1) is 15.3. The van der Waals surface area contributed by atoms with E-state index < -0.39 is 0 Å². The molecule has 2 aromatic carbocycles. The summed E-state index contributed by atoms with van der Waals surface area (Å²) in [5.74, 6) is 0.904. The van der Waals surface area contributed by atoms with Crippen LogP contribution in [0.15, 0.2) is 54.7 Å². The maximum absolute atomic E-state index is 6.10. The number of H-pyrrole nitrogens is 1. The number of aromatic amines is 1. The van der Waals surface area contributed by atoms with Gasteiger partial charge in [-0.15, -0.1) is 0 Å². The molecule has 0 aliphatic carbocycles. The van der Waals surface area contributed by atoms with Crippen molar-refractivity contribution < 1.29 is 0 Å². The minimum absolute atomic E-state index is 0.581. The molecular formula is C19H15Cl2N3. The number of hydrogen-bond donors (Lipinski definition) is 1. The van der Waals surface area contributed by atoms with E-state index in [-0.39, 0.29) is 0 Å². The van der Waals surface area contributed by atoms with Crippen LogP contribution in [0.3, 0.4) is 0 Å². The van der Waals surface area contributed by atoms with Gasteiger partial charge in [0.15, 0.2) is 0 Å². The van der Waals surface area contributed by atoms with Crippen molar-refractivity contribution in [1.82, 2.24) is 14.9 Å². The van der Waals surface area contributed by atoms with Gasteiger partial charge < -0.3 is 9.88 Å². The lowest BCUT2D eigenvalue weighted by atomic mass is 10.2. The van der Waals surface area contributed by atoms with Crippen molar-refractivity contribution in [2.45, 2.75) is 13.1 Å². The van der Waals surface area contributed by atoms with Gasteiger partial charge in [-0.1, -0.05) is 59.6 Å². The summed E-state index contributed by atoms with van der Waals surface area (Å²) in [6.45, 7) is 1.55. The summed E-state index contributed by atoms with van der Waals surface area (Å²) in [5.41, 5.74) is 4.34. The zero-order valence-corrected chi connectivity index (χ0v) is 14.3. The smallest absolute Gasteiger partial charge is 0.138 e. The molecule has 0 saturated heterocycles. The Bertz CT molecular complexity index is 900. The van der Waals surface area contributed by atoms with Crippen LogP contribution in [-0.2, 0) is 13.1 Å². The molecule has 3 aromatic rings. The summed E-state index contributed by atoms with van der Waals surface area (Å²) in [6.07, 6.45) is 4.11. The van der Waals surface area contributed by atoms with Crippen molar-refractivity contribution in [2.75, 3.05) is 0 Å². The molecule has 0 fully saturated rings. The Kier molecular flexibility index (Phi) is 4.05. The van der Waals surface area contributed by atoms with Gasteiger partial charge in [-0.25, -0.2) is 4.98 Å². The Morgan fingerprint density at radius 3 is 2.67 bits per heavy atom. The lowest BCUT2D eigenvalue weighted by Gasteiger charge is -2.23. The maximum atomic E-state index is 6.10. The number of imidazole rings is 1. The molecule has 3 nitrogen and oxygen atoms in total. The van der Waals surface area contributed by atoms with Gasteiger partial charge in [0.2, 0.25) is 0 Å². The Balaban J connectivity index is 1.53. The fourth-order valence-electron chi connectivity index (χ4n) is 2.83. The summed E-state index contributed by atoms with van der Waals surface area (Å²) in [6, 6.07) is 15.9. The van der Waals surface area contributed by atoms with Gasteiger partial charge in [-0.2, -0.15) is 0 Å². The predicted octanol–water partition coefficient (Wildman–Crippen LogP) is 5.37. The fourth-order valence-corrected chi connectivity index (χ4v) is 3.15. The number of benzene rings is 2. The average Bonchev–Trinajstić information content (AvgIpc) is 3.02. The maximum Gasteiger partial charge on any atom is 0.138 e. The summed E-state index contributed by atoms with van der Waals surface area (Å²) < 4.78 is 0. The number of nitrogens with one attached hydrogen (secondary N) is 1.